The first kappa shape index (κ1) is 21.7. The molecule has 2 heterocycles. The zero-order valence-electron chi connectivity index (χ0n) is 17.9. The van der Waals surface area contributed by atoms with Crippen molar-refractivity contribution in [2.45, 2.75) is 13.3 Å². The van der Waals surface area contributed by atoms with E-state index in [1.807, 2.05) is 48.2 Å². The number of hydrogen-bond acceptors (Lipinski definition) is 4. The summed E-state index contributed by atoms with van der Waals surface area (Å²) in [5, 5.41) is 3.57. The first-order chi connectivity index (χ1) is 14.9. The van der Waals surface area contributed by atoms with Crippen LogP contribution in [0.15, 0.2) is 42.5 Å². The standard InChI is InChI=1S/C24H28ClN3O3/c1-16-3-6-20(11-22(16)25)26-23(29)9-10-27-12-18-14-28(15-19(18)13-27)24(30)17-4-7-21(31-2)8-5-17/h3-8,11,18-19H,9-10,12-15H2,1-2H3,(H,26,29). The molecule has 2 aromatic carbocycles. The smallest absolute Gasteiger partial charge is 0.253 e. The first-order valence-electron chi connectivity index (χ1n) is 10.6. The van der Waals surface area contributed by atoms with Gasteiger partial charge in [0.2, 0.25) is 5.91 Å². The summed E-state index contributed by atoms with van der Waals surface area (Å²) in [6.45, 7) is 6.08. The highest BCUT2D eigenvalue weighted by Gasteiger charge is 2.41. The number of rotatable bonds is 6. The third kappa shape index (κ3) is 5.02. The third-order valence-corrected chi connectivity index (χ3v) is 6.70. The number of nitrogens with zero attached hydrogens (tertiary/aromatic N) is 2. The van der Waals surface area contributed by atoms with Gasteiger partial charge in [-0.2, -0.15) is 0 Å². The molecule has 0 radical (unpaired) electrons. The number of likely N-dealkylation sites (tertiary alicyclic amines) is 2. The zero-order valence-corrected chi connectivity index (χ0v) is 18.7. The molecule has 0 aliphatic carbocycles. The number of carbonyl (C=O) groups excluding carboxylic acids is 2. The molecule has 0 saturated carbocycles. The summed E-state index contributed by atoms with van der Waals surface area (Å²) < 4.78 is 5.16. The van der Waals surface area contributed by atoms with E-state index in [1.165, 1.54) is 0 Å². The van der Waals surface area contributed by atoms with Crippen LogP contribution in [0, 0.1) is 18.8 Å². The predicted octanol–water partition coefficient (Wildman–Crippen LogP) is 3.69. The quantitative estimate of drug-likeness (QED) is 0.742. The van der Waals surface area contributed by atoms with Crippen molar-refractivity contribution in [3.8, 4) is 5.75 Å². The van der Waals surface area contributed by atoms with Gasteiger partial charge in [0.25, 0.3) is 5.91 Å². The van der Waals surface area contributed by atoms with Crippen LogP contribution in [0.25, 0.3) is 0 Å². The fourth-order valence-corrected chi connectivity index (χ4v) is 4.69. The Hall–Kier alpha value is -2.57. The summed E-state index contributed by atoms with van der Waals surface area (Å²) in [5.41, 5.74) is 2.42. The van der Waals surface area contributed by atoms with E-state index in [4.69, 9.17) is 16.3 Å². The molecule has 2 aliphatic rings. The maximum absolute atomic E-state index is 12.8. The van der Waals surface area contributed by atoms with Gasteiger partial charge in [-0.15, -0.1) is 0 Å². The van der Waals surface area contributed by atoms with Gasteiger partial charge in [-0.25, -0.2) is 0 Å². The Morgan fingerprint density at radius 1 is 1.06 bits per heavy atom. The molecular weight excluding hydrogens is 414 g/mol. The number of ether oxygens (including phenoxy) is 1. The maximum atomic E-state index is 12.8. The molecule has 2 unspecified atom stereocenters. The van der Waals surface area contributed by atoms with Gasteiger partial charge in [-0.3, -0.25) is 9.59 Å². The van der Waals surface area contributed by atoms with Crippen molar-refractivity contribution in [3.63, 3.8) is 0 Å². The third-order valence-electron chi connectivity index (χ3n) is 6.30. The lowest BCUT2D eigenvalue weighted by atomic mass is 10.0. The van der Waals surface area contributed by atoms with Gasteiger partial charge in [0, 0.05) is 55.4 Å². The van der Waals surface area contributed by atoms with Crippen molar-refractivity contribution in [1.29, 1.82) is 0 Å². The average molecular weight is 442 g/mol. The van der Waals surface area contributed by atoms with Gasteiger partial charge in [0.15, 0.2) is 0 Å². The van der Waals surface area contributed by atoms with E-state index in [0.29, 0.717) is 28.8 Å². The molecule has 2 atom stereocenters. The van der Waals surface area contributed by atoms with E-state index in [0.717, 1.165) is 49.7 Å². The van der Waals surface area contributed by atoms with Crippen LogP contribution in [-0.2, 0) is 4.79 Å². The van der Waals surface area contributed by atoms with Gasteiger partial charge >= 0.3 is 0 Å². The van der Waals surface area contributed by atoms with Crippen LogP contribution >= 0.6 is 11.6 Å². The molecule has 1 N–H and O–H groups in total. The topological polar surface area (TPSA) is 61.9 Å². The number of amides is 2. The molecule has 2 amide bonds. The van der Waals surface area contributed by atoms with Crippen molar-refractivity contribution in [3.05, 3.63) is 58.6 Å². The molecule has 164 valence electrons. The summed E-state index contributed by atoms with van der Waals surface area (Å²) >= 11 is 6.13. The van der Waals surface area contributed by atoms with Gasteiger partial charge < -0.3 is 19.9 Å². The highest BCUT2D eigenvalue weighted by molar-refractivity contribution is 6.31. The largest absolute Gasteiger partial charge is 0.497 e. The van der Waals surface area contributed by atoms with E-state index >= 15 is 0 Å². The Balaban J connectivity index is 1.23. The second-order valence-electron chi connectivity index (χ2n) is 8.48. The normalized spacial score (nSPS) is 20.5. The van der Waals surface area contributed by atoms with Crippen LogP contribution in [0.2, 0.25) is 5.02 Å². The molecule has 31 heavy (non-hydrogen) atoms. The average Bonchev–Trinajstić information content (AvgIpc) is 3.33. The summed E-state index contributed by atoms with van der Waals surface area (Å²) in [6, 6.07) is 12.8. The molecule has 7 heteroatoms. The van der Waals surface area contributed by atoms with E-state index < -0.39 is 0 Å². The minimum atomic E-state index is -0.00621. The Morgan fingerprint density at radius 3 is 2.35 bits per heavy atom. The predicted molar refractivity (Wildman–Crippen MR) is 122 cm³/mol. The monoisotopic (exact) mass is 441 g/mol. The van der Waals surface area contributed by atoms with E-state index in [9.17, 15) is 9.59 Å². The molecule has 0 bridgehead atoms. The number of benzene rings is 2. The van der Waals surface area contributed by atoms with Crippen LogP contribution in [-0.4, -0.2) is 61.4 Å². The molecular formula is C24H28ClN3O3. The number of fused-ring (bicyclic) bond motifs is 1. The summed E-state index contributed by atoms with van der Waals surface area (Å²) in [6.07, 6.45) is 0.444. The lowest BCUT2D eigenvalue weighted by Gasteiger charge is -2.21. The summed E-state index contributed by atoms with van der Waals surface area (Å²) in [7, 11) is 1.62. The fraction of sp³-hybridized carbons (Fsp3) is 0.417. The molecule has 4 rings (SSSR count). The van der Waals surface area contributed by atoms with E-state index in [2.05, 4.69) is 10.2 Å². The summed E-state index contributed by atoms with van der Waals surface area (Å²) in [5.74, 6) is 1.77. The number of methoxy groups -OCH3 is 1. The van der Waals surface area contributed by atoms with Gasteiger partial charge in [-0.1, -0.05) is 17.7 Å². The highest BCUT2D eigenvalue weighted by atomic mass is 35.5. The van der Waals surface area contributed by atoms with Crippen LogP contribution < -0.4 is 10.1 Å². The molecule has 2 aromatic rings. The van der Waals surface area contributed by atoms with Crippen LogP contribution in [0.4, 0.5) is 5.69 Å². The minimum absolute atomic E-state index is 0.00621. The van der Waals surface area contributed by atoms with Crippen molar-refractivity contribution in [1.82, 2.24) is 9.80 Å². The Bertz CT molecular complexity index is 949. The van der Waals surface area contributed by atoms with Crippen molar-refractivity contribution in [2.75, 3.05) is 45.2 Å². The molecule has 2 fully saturated rings. The van der Waals surface area contributed by atoms with Crippen molar-refractivity contribution in [2.24, 2.45) is 11.8 Å². The van der Waals surface area contributed by atoms with Gasteiger partial charge in [-0.05, 0) is 60.7 Å². The van der Waals surface area contributed by atoms with Crippen LogP contribution in [0.5, 0.6) is 5.75 Å². The van der Waals surface area contributed by atoms with E-state index in [-0.39, 0.29) is 11.8 Å². The van der Waals surface area contributed by atoms with Crippen LogP contribution in [0.3, 0.4) is 0 Å². The maximum Gasteiger partial charge on any atom is 0.253 e. The Kier molecular flexibility index (Phi) is 6.49. The SMILES string of the molecule is COc1ccc(C(=O)N2CC3CN(CCC(=O)Nc4ccc(C)c(Cl)c4)CC3C2)cc1. The molecule has 2 saturated heterocycles. The number of halogens is 1. The summed E-state index contributed by atoms with van der Waals surface area (Å²) in [4.78, 5) is 29.4. The number of nitrogens with one attached hydrogen (secondary N) is 1. The Labute approximate surface area is 188 Å². The lowest BCUT2D eigenvalue weighted by molar-refractivity contribution is -0.116. The van der Waals surface area contributed by atoms with Crippen molar-refractivity contribution < 1.29 is 14.3 Å². The number of aryl methyl sites for hydroxylation is 1. The second-order valence-corrected chi connectivity index (χ2v) is 8.89. The highest BCUT2D eigenvalue weighted by Crippen LogP contribution is 2.32. The molecule has 6 nitrogen and oxygen atoms in total. The van der Waals surface area contributed by atoms with Crippen molar-refractivity contribution >= 4 is 29.1 Å². The minimum Gasteiger partial charge on any atom is -0.497 e. The molecule has 0 spiro atoms. The number of hydrogen-bond donors (Lipinski definition) is 1. The van der Waals surface area contributed by atoms with Crippen LogP contribution in [0.1, 0.15) is 22.3 Å². The molecule has 2 aliphatic heterocycles. The second kappa shape index (κ2) is 9.28. The first-order valence-corrected chi connectivity index (χ1v) is 11.0. The van der Waals surface area contributed by atoms with Gasteiger partial charge in [0.1, 0.15) is 5.75 Å². The van der Waals surface area contributed by atoms with E-state index in [1.54, 1.807) is 13.2 Å². The molecule has 0 aromatic heterocycles. The zero-order chi connectivity index (χ0) is 22.0. The number of anilines is 1. The fourth-order valence-electron chi connectivity index (χ4n) is 4.51. The number of carbonyl (C=O) groups is 2. The van der Waals surface area contributed by atoms with Gasteiger partial charge in [0.05, 0.1) is 7.11 Å². The lowest BCUT2D eigenvalue weighted by Crippen LogP contribution is -2.34. The Morgan fingerprint density at radius 2 is 1.74 bits per heavy atom.